The fourth-order valence-corrected chi connectivity index (χ4v) is 0. The van der Waals surface area contributed by atoms with Gasteiger partial charge in [-0.05, 0) is 0 Å². The zero-order valence-electron chi connectivity index (χ0n) is 2.43. The first-order valence-electron chi connectivity index (χ1n) is 0.707. The van der Waals surface area contributed by atoms with Gasteiger partial charge in [-0.15, -0.1) is 0 Å². The van der Waals surface area contributed by atoms with Crippen molar-refractivity contribution in [3.8, 4) is 0 Å². The molecule has 0 amide bonds. The Bertz CT molecular complexity index is 13.5. The summed E-state index contributed by atoms with van der Waals surface area (Å²) in [4.78, 5) is 0. The van der Waals surface area contributed by atoms with Crippen molar-refractivity contribution in [2.24, 2.45) is 0 Å². The number of hydrogen-bond acceptors (Lipinski definition) is 3. The van der Waals surface area contributed by atoms with E-state index in [0.29, 0.717) is 0 Å². The van der Waals surface area contributed by atoms with E-state index in [1.54, 1.807) is 0 Å². The van der Waals surface area contributed by atoms with Gasteiger partial charge < -0.3 is 15.1 Å². The average molecular weight is 176 g/mol. The summed E-state index contributed by atoms with van der Waals surface area (Å²) < 4.78 is 0. The summed E-state index contributed by atoms with van der Waals surface area (Å²) in [6.45, 7) is 0. The molecular weight excluding hydrogens is 176 g/mol. The molecule has 0 aliphatic rings. The van der Waals surface area contributed by atoms with Crippen LogP contribution < -0.4 is 15.1 Å². The standard InChI is InChI=1S/BO3.2Ni/c2-1(3)4;;/q-3;2*+2. The van der Waals surface area contributed by atoms with Gasteiger partial charge in [-0.3, -0.25) is 7.32 Å². The maximum Gasteiger partial charge on any atom is 2.00 e. The van der Waals surface area contributed by atoms with Crippen LogP contribution in [0.2, 0.25) is 0 Å². The molecular formula is BNi2O3+. The van der Waals surface area contributed by atoms with Gasteiger partial charge in [-0.1, -0.05) is 0 Å². The maximum atomic E-state index is 8.42. The molecule has 0 aromatic rings. The first-order chi connectivity index (χ1) is 1.73. The van der Waals surface area contributed by atoms with Gasteiger partial charge in [0, 0.05) is 0 Å². The van der Waals surface area contributed by atoms with Crippen LogP contribution in [0.1, 0.15) is 0 Å². The molecule has 0 rings (SSSR count). The van der Waals surface area contributed by atoms with Gasteiger partial charge in [0.15, 0.2) is 0 Å². The van der Waals surface area contributed by atoms with Crippen LogP contribution in [0.25, 0.3) is 0 Å². The smallest absolute Gasteiger partial charge is 0.907 e. The van der Waals surface area contributed by atoms with Gasteiger partial charge in [0.05, 0.1) is 0 Å². The first kappa shape index (κ1) is 15.8. The predicted octanol–water partition coefficient (Wildman–Crippen LogP) is -3.95. The molecule has 0 saturated heterocycles. The molecule has 0 atom stereocenters. The van der Waals surface area contributed by atoms with Crippen LogP contribution in [0, 0.1) is 0 Å². The fraction of sp³-hybridized carbons (Fsp3) is 0. The van der Waals surface area contributed by atoms with Gasteiger partial charge in [-0.25, -0.2) is 0 Å². The Kier molecular flexibility index (Phi) is 24.5. The molecule has 3 nitrogen and oxygen atoms in total. The molecule has 6 heteroatoms. The van der Waals surface area contributed by atoms with Crippen LogP contribution in [0.15, 0.2) is 0 Å². The molecule has 6 heavy (non-hydrogen) atoms. The molecule has 0 N–H and O–H groups in total. The second kappa shape index (κ2) is 9.33. The third-order valence-corrected chi connectivity index (χ3v) is 0. The number of hydrogen-bond donors (Lipinski definition) is 0. The van der Waals surface area contributed by atoms with Crippen molar-refractivity contribution in [3.63, 3.8) is 0 Å². The van der Waals surface area contributed by atoms with Crippen LogP contribution in [0.5, 0.6) is 0 Å². The summed E-state index contributed by atoms with van der Waals surface area (Å²) in [6, 6.07) is 0. The third-order valence-electron chi connectivity index (χ3n) is 0. The summed E-state index contributed by atoms with van der Waals surface area (Å²) in [6.07, 6.45) is 0. The zero-order valence-corrected chi connectivity index (χ0v) is 4.41. The molecule has 0 spiro atoms. The Morgan fingerprint density at radius 2 is 0.833 bits per heavy atom. The summed E-state index contributed by atoms with van der Waals surface area (Å²) >= 11 is 0. The summed E-state index contributed by atoms with van der Waals surface area (Å²) in [5.74, 6) is 0. The van der Waals surface area contributed by atoms with Crippen molar-refractivity contribution in [2.75, 3.05) is 0 Å². The van der Waals surface area contributed by atoms with E-state index in [9.17, 15) is 0 Å². The third kappa shape index (κ3) is 87.8. The van der Waals surface area contributed by atoms with Crippen molar-refractivity contribution in [1.29, 1.82) is 0 Å². The molecule has 0 saturated carbocycles. The molecule has 0 aromatic carbocycles. The average Bonchev–Trinajstić information content (AvgIpc) is 0.811. The normalized spacial score (nSPS) is 4.50. The summed E-state index contributed by atoms with van der Waals surface area (Å²) in [7, 11) is -2.92. The van der Waals surface area contributed by atoms with Crippen molar-refractivity contribution >= 4 is 7.32 Å². The molecule has 0 heterocycles. The second-order valence-corrected chi connectivity index (χ2v) is 0.289. The molecule has 0 aromatic heterocycles. The van der Waals surface area contributed by atoms with Crippen molar-refractivity contribution in [1.82, 2.24) is 0 Å². The van der Waals surface area contributed by atoms with Crippen LogP contribution in [0.4, 0.5) is 0 Å². The Morgan fingerprint density at radius 1 is 0.833 bits per heavy atom. The van der Waals surface area contributed by atoms with Gasteiger partial charge in [0.25, 0.3) is 0 Å². The largest absolute Gasteiger partial charge is 2.00 e. The minimum atomic E-state index is -2.92. The molecule has 0 fully saturated rings. The van der Waals surface area contributed by atoms with Crippen LogP contribution in [-0.2, 0) is 33.0 Å². The van der Waals surface area contributed by atoms with Crippen LogP contribution in [0.3, 0.4) is 0 Å². The Balaban J connectivity index is -0.0000000450. The van der Waals surface area contributed by atoms with E-state index in [1.807, 2.05) is 0 Å². The molecule has 0 radical (unpaired) electrons. The van der Waals surface area contributed by atoms with Gasteiger partial charge in [0.2, 0.25) is 0 Å². The van der Waals surface area contributed by atoms with E-state index in [2.05, 4.69) is 0 Å². The van der Waals surface area contributed by atoms with Gasteiger partial charge in [-0.2, -0.15) is 0 Å². The molecule has 0 aliphatic heterocycles. The van der Waals surface area contributed by atoms with E-state index >= 15 is 0 Å². The van der Waals surface area contributed by atoms with Crippen molar-refractivity contribution in [3.05, 3.63) is 0 Å². The Hall–Kier alpha value is 0.932. The molecule has 40 valence electrons. The predicted molar refractivity (Wildman–Crippen MR) is 5.75 cm³/mol. The van der Waals surface area contributed by atoms with Gasteiger partial charge >= 0.3 is 33.0 Å². The topological polar surface area (TPSA) is 69.2 Å². The quantitative estimate of drug-likeness (QED) is 0.354. The van der Waals surface area contributed by atoms with Crippen molar-refractivity contribution in [2.45, 2.75) is 0 Å². The number of rotatable bonds is 0. The van der Waals surface area contributed by atoms with E-state index in [4.69, 9.17) is 15.1 Å². The maximum absolute atomic E-state index is 8.42. The summed E-state index contributed by atoms with van der Waals surface area (Å²) in [5.41, 5.74) is 0. The van der Waals surface area contributed by atoms with E-state index in [0.717, 1.165) is 0 Å². The second-order valence-electron chi connectivity index (χ2n) is 0.289. The minimum absolute atomic E-state index is 0. The summed E-state index contributed by atoms with van der Waals surface area (Å²) in [5, 5.41) is 25.2. The Labute approximate surface area is 55.8 Å². The van der Waals surface area contributed by atoms with E-state index in [1.165, 1.54) is 0 Å². The SMILES string of the molecule is [Ni+2].[Ni+2].[O-]B([O-])[O-]. The van der Waals surface area contributed by atoms with Crippen molar-refractivity contribution < 1.29 is 48.1 Å². The fourth-order valence-electron chi connectivity index (χ4n) is 0. The zero-order chi connectivity index (χ0) is 3.58. The Morgan fingerprint density at radius 3 is 0.833 bits per heavy atom. The van der Waals surface area contributed by atoms with Gasteiger partial charge in [0.1, 0.15) is 0 Å². The molecule has 0 unspecified atom stereocenters. The monoisotopic (exact) mass is 175 g/mol. The molecule has 0 bridgehead atoms. The molecule has 0 aliphatic carbocycles. The van der Waals surface area contributed by atoms with Crippen LogP contribution >= 0.6 is 0 Å². The van der Waals surface area contributed by atoms with Crippen LogP contribution in [-0.4, -0.2) is 7.32 Å². The van der Waals surface area contributed by atoms with E-state index < -0.39 is 7.32 Å². The first-order valence-corrected chi connectivity index (χ1v) is 0.707. The minimum Gasteiger partial charge on any atom is -0.907 e. The van der Waals surface area contributed by atoms with E-state index in [-0.39, 0.29) is 33.0 Å².